The Morgan fingerprint density at radius 2 is 2.15 bits per heavy atom. The fourth-order valence-corrected chi connectivity index (χ4v) is 3.06. The van der Waals surface area contributed by atoms with Crippen LogP contribution in [0.4, 0.5) is 4.79 Å². The van der Waals surface area contributed by atoms with E-state index < -0.39 is 17.5 Å². The van der Waals surface area contributed by atoms with E-state index in [4.69, 9.17) is 5.11 Å². The van der Waals surface area contributed by atoms with Gasteiger partial charge in [-0.05, 0) is 59.8 Å². The van der Waals surface area contributed by atoms with Crippen molar-refractivity contribution < 1.29 is 14.5 Å². The number of likely N-dealkylation sites (tertiary alicyclic amines) is 1. The topological polar surface area (TPSA) is 76.0 Å². The van der Waals surface area contributed by atoms with Crippen LogP contribution in [0.3, 0.4) is 0 Å². The molecule has 0 aliphatic carbocycles. The van der Waals surface area contributed by atoms with Crippen molar-refractivity contribution in [3.05, 3.63) is 0 Å². The molecule has 1 aliphatic rings. The van der Waals surface area contributed by atoms with Crippen LogP contribution in [0.25, 0.3) is 0 Å². The van der Waals surface area contributed by atoms with Gasteiger partial charge < -0.3 is 14.6 Å². The fourth-order valence-electron chi connectivity index (χ4n) is 2.51. The summed E-state index contributed by atoms with van der Waals surface area (Å²) in [5, 5.41) is 9.16. The van der Waals surface area contributed by atoms with Crippen molar-refractivity contribution in [3.63, 3.8) is 0 Å². The summed E-state index contributed by atoms with van der Waals surface area (Å²) < 4.78 is 15.5. The standard InChI is InChI=1S/C14H26N2O3S/c1-13(2,3)20(19)15-8-6-7-11-9-14(4,5)16(10-11)12(17)18/h8,11H,6-7,9-10H2,1-5H3,(H,17,18)/t11-,20?/m0/s1. The minimum absolute atomic E-state index is 0.290. The highest BCUT2D eigenvalue weighted by molar-refractivity contribution is 7.91. The second kappa shape index (κ2) is 6.35. The summed E-state index contributed by atoms with van der Waals surface area (Å²) in [6, 6.07) is 0. The van der Waals surface area contributed by atoms with Gasteiger partial charge in [0.2, 0.25) is 0 Å². The number of carboxylic acid groups (broad SMARTS) is 1. The van der Waals surface area contributed by atoms with Gasteiger partial charge in [0.05, 0.1) is 6.21 Å². The number of rotatable bonds is 4. The molecule has 1 aliphatic heterocycles. The molecular formula is C14H26N2O3S. The van der Waals surface area contributed by atoms with Crippen molar-refractivity contribution in [3.8, 4) is 0 Å². The number of carbonyl (C=O) groups is 1. The van der Waals surface area contributed by atoms with Crippen molar-refractivity contribution in [2.75, 3.05) is 6.54 Å². The number of hydrogen-bond donors (Lipinski definition) is 1. The van der Waals surface area contributed by atoms with E-state index in [1.54, 1.807) is 6.21 Å². The fraction of sp³-hybridized carbons (Fsp3) is 0.857. The van der Waals surface area contributed by atoms with Crippen LogP contribution in [0.2, 0.25) is 0 Å². The number of hydrogen-bond acceptors (Lipinski definition) is 3. The maximum Gasteiger partial charge on any atom is 0.407 e. The molecule has 0 aromatic heterocycles. The number of nitrogens with zero attached hydrogens (tertiary/aromatic N) is 2. The molecule has 0 radical (unpaired) electrons. The highest BCUT2D eigenvalue weighted by atomic mass is 32.2. The predicted molar refractivity (Wildman–Crippen MR) is 82.5 cm³/mol. The lowest BCUT2D eigenvalue weighted by molar-refractivity contribution is 0.117. The van der Waals surface area contributed by atoms with E-state index in [1.807, 2.05) is 34.6 Å². The minimum atomic E-state index is -1.21. The van der Waals surface area contributed by atoms with Crippen molar-refractivity contribution in [1.82, 2.24) is 4.90 Å². The molecular weight excluding hydrogens is 276 g/mol. The van der Waals surface area contributed by atoms with Crippen LogP contribution in [-0.2, 0) is 11.4 Å². The van der Waals surface area contributed by atoms with Gasteiger partial charge in [0.25, 0.3) is 0 Å². The largest absolute Gasteiger partial charge is 0.591 e. The van der Waals surface area contributed by atoms with Gasteiger partial charge in [0, 0.05) is 12.1 Å². The van der Waals surface area contributed by atoms with Crippen LogP contribution in [0.15, 0.2) is 4.40 Å². The Kier molecular flexibility index (Phi) is 5.49. The number of amides is 1. The summed E-state index contributed by atoms with van der Waals surface area (Å²) in [7, 11) is 0. The lowest BCUT2D eigenvalue weighted by atomic mass is 9.94. The zero-order valence-corrected chi connectivity index (χ0v) is 13.9. The van der Waals surface area contributed by atoms with E-state index in [1.165, 1.54) is 4.90 Å². The molecule has 1 unspecified atom stereocenters. The molecule has 0 bridgehead atoms. The maximum absolute atomic E-state index is 11.7. The van der Waals surface area contributed by atoms with Crippen LogP contribution in [-0.4, -0.2) is 43.7 Å². The maximum atomic E-state index is 11.7. The average Bonchev–Trinajstić information content (AvgIpc) is 2.58. The summed E-state index contributed by atoms with van der Waals surface area (Å²) in [4.78, 5) is 12.7. The van der Waals surface area contributed by atoms with Crippen LogP contribution in [0, 0.1) is 5.92 Å². The first kappa shape index (κ1) is 17.3. The molecule has 1 saturated heterocycles. The molecule has 5 nitrogen and oxygen atoms in total. The van der Waals surface area contributed by atoms with Crippen molar-refractivity contribution in [2.24, 2.45) is 10.3 Å². The normalized spacial score (nSPS) is 24.3. The lowest BCUT2D eigenvalue weighted by Crippen LogP contribution is -2.41. The first-order chi connectivity index (χ1) is 9.04. The van der Waals surface area contributed by atoms with Gasteiger partial charge in [0.15, 0.2) is 0 Å². The molecule has 20 heavy (non-hydrogen) atoms. The Morgan fingerprint density at radius 3 is 2.60 bits per heavy atom. The van der Waals surface area contributed by atoms with E-state index in [0.29, 0.717) is 12.5 Å². The summed E-state index contributed by atoms with van der Waals surface area (Å²) in [5.74, 6) is 0.357. The molecule has 0 spiro atoms. The first-order valence-electron chi connectivity index (χ1n) is 6.99. The van der Waals surface area contributed by atoms with E-state index in [0.717, 1.165) is 19.3 Å². The van der Waals surface area contributed by atoms with Crippen LogP contribution in [0.1, 0.15) is 53.9 Å². The second-order valence-electron chi connectivity index (χ2n) is 7.00. The molecule has 1 amide bonds. The molecule has 1 fully saturated rings. The van der Waals surface area contributed by atoms with Gasteiger partial charge in [-0.15, -0.1) is 0 Å². The van der Waals surface area contributed by atoms with Gasteiger partial charge in [-0.25, -0.2) is 4.79 Å². The Labute approximate surface area is 124 Å². The van der Waals surface area contributed by atoms with E-state index in [-0.39, 0.29) is 10.3 Å². The molecule has 116 valence electrons. The minimum Gasteiger partial charge on any atom is -0.591 e. The van der Waals surface area contributed by atoms with Crippen molar-refractivity contribution in [2.45, 2.75) is 64.2 Å². The zero-order valence-electron chi connectivity index (χ0n) is 13.0. The van der Waals surface area contributed by atoms with Crippen LogP contribution >= 0.6 is 0 Å². The molecule has 0 aromatic rings. The van der Waals surface area contributed by atoms with E-state index in [9.17, 15) is 9.35 Å². The molecule has 0 aromatic carbocycles. The van der Waals surface area contributed by atoms with Gasteiger partial charge >= 0.3 is 6.09 Å². The Balaban J connectivity index is 2.42. The summed E-state index contributed by atoms with van der Waals surface area (Å²) >= 11 is -1.21. The molecule has 1 heterocycles. The lowest BCUT2D eigenvalue weighted by Gasteiger charge is -2.28. The second-order valence-corrected chi connectivity index (χ2v) is 8.94. The Bertz CT molecular complexity index is 377. The van der Waals surface area contributed by atoms with Gasteiger partial charge in [-0.2, -0.15) is 0 Å². The first-order valence-corrected chi connectivity index (χ1v) is 8.10. The van der Waals surface area contributed by atoms with E-state index >= 15 is 0 Å². The molecule has 1 rings (SSSR count). The van der Waals surface area contributed by atoms with Gasteiger partial charge in [-0.1, -0.05) is 4.40 Å². The molecule has 1 N–H and O–H groups in total. The third-order valence-electron chi connectivity index (χ3n) is 3.59. The van der Waals surface area contributed by atoms with Gasteiger partial charge in [-0.3, -0.25) is 0 Å². The quantitative estimate of drug-likeness (QED) is 0.640. The Morgan fingerprint density at radius 1 is 1.55 bits per heavy atom. The van der Waals surface area contributed by atoms with Crippen LogP contribution in [0.5, 0.6) is 0 Å². The SMILES string of the molecule is CC1(C)C[C@H](CCC=N[S+]([O-])C(C)(C)C)CN1C(=O)O. The van der Waals surface area contributed by atoms with Crippen molar-refractivity contribution in [1.29, 1.82) is 0 Å². The summed E-state index contributed by atoms with van der Waals surface area (Å²) in [6.45, 7) is 10.2. The van der Waals surface area contributed by atoms with Gasteiger partial charge in [0.1, 0.15) is 16.1 Å². The Hall–Kier alpha value is -0.750. The highest BCUT2D eigenvalue weighted by Crippen LogP contribution is 2.34. The molecule has 2 atom stereocenters. The smallest absolute Gasteiger partial charge is 0.407 e. The van der Waals surface area contributed by atoms with Crippen molar-refractivity contribution >= 4 is 23.7 Å². The zero-order chi connectivity index (χ0) is 15.6. The third kappa shape index (κ3) is 4.66. The summed E-state index contributed by atoms with van der Waals surface area (Å²) in [6.07, 6.45) is 3.38. The average molecular weight is 302 g/mol. The van der Waals surface area contributed by atoms with Crippen LogP contribution < -0.4 is 0 Å². The molecule has 0 saturated carbocycles. The third-order valence-corrected chi connectivity index (χ3v) is 4.98. The predicted octanol–water partition coefficient (Wildman–Crippen LogP) is 3.08. The van der Waals surface area contributed by atoms with E-state index in [2.05, 4.69) is 4.40 Å². The monoisotopic (exact) mass is 302 g/mol. The highest BCUT2D eigenvalue weighted by Gasteiger charge is 2.40. The summed E-state index contributed by atoms with van der Waals surface area (Å²) in [5.41, 5.74) is -0.290. The molecule has 6 heteroatoms.